The van der Waals surface area contributed by atoms with Crippen molar-refractivity contribution in [1.29, 1.82) is 0 Å². The number of benzene rings is 2. The van der Waals surface area contributed by atoms with E-state index in [2.05, 4.69) is 130 Å². The van der Waals surface area contributed by atoms with Gasteiger partial charge in [0, 0.05) is 0 Å². The molecular weight excluding hydrogens is 766 g/mol. The van der Waals surface area contributed by atoms with Gasteiger partial charge < -0.3 is 24.8 Å². The second-order valence-electron chi connectivity index (χ2n) is 15.2. The molecule has 4 aliphatic carbocycles. The van der Waals surface area contributed by atoms with Crippen LogP contribution in [-0.4, -0.2) is 3.26 Å². The fraction of sp³-hybridized carbons (Fsp3) is 0.419. The maximum absolute atomic E-state index is 2.62. The van der Waals surface area contributed by atoms with Crippen LogP contribution >= 0.6 is 0 Å². The summed E-state index contributed by atoms with van der Waals surface area (Å²) in [5.41, 5.74) is 13.0. The minimum Gasteiger partial charge on any atom is -1.00 e. The third kappa shape index (κ3) is 6.12. The maximum atomic E-state index is 2.62. The van der Waals surface area contributed by atoms with E-state index < -0.39 is 0 Å². The molecule has 3 aromatic carbocycles. The Morgan fingerprint density at radius 3 is 2.02 bits per heavy atom. The number of hydrogen-bond acceptors (Lipinski definition) is 0. The topological polar surface area (TPSA) is 0 Å². The monoisotopic (exact) mass is 818 g/mol. The van der Waals surface area contributed by atoms with E-state index in [-0.39, 0.29) is 46.5 Å². The molecule has 3 aromatic rings. The smallest absolute Gasteiger partial charge is 0.172 e. The molecule has 2 atom stereocenters. The van der Waals surface area contributed by atoms with Crippen LogP contribution in [0.5, 0.6) is 0 Å². The van der Waals surface area contributed by atoms with Gasteiger partial charge in [0.2, 0.25) is 0 Å². The van der Waals surface area contributed by atoms with Crippen LogP contribution in [-0.2, 0) is 30.3 Å². The van der Waals surface area contributed by atoms with E-state index in [4.69, 9.17) is 0 Å². The van der Waals surface area contributed by atoms with Gasteiger partial charge in [-0.25, -0.2) is 18.1 Å². The number of allylic oxidation sites excluding steroid dienone is 6. The molecule has 4 aliphatic rings. The second kappa shape index (κ2) is 14.4. The molecule has 0 N–H and O–H groups in total. The van der Waals surface area contributed by atoms with Crippen LogP contribution < -0.4 is 24.8 Å². The van der Waals surface area contributed by atoms with E-state index >= 15 is 0 Å². The molecule has 0 heterocycles. The molecule has 0 amide bonds. The van der Waals surface area contributed by atoms with Gasteiger partial charge in [0.15, 0.2) is 0 Å². The second-order valence-corrected chi connectivity index (χ2v) is 17.9. The van der Waals surface area contributed by atoms with E-state index in [1.54, 1.807) is 28.2 Å². The molecule has 0 radical (unpaired) electrons. The first kappa shape index (κ1) is 38.6. The molecule has 7 rings (SSSR count). The number of halogens is 2. The summed E-state index contributed by atoms with van der Waals surface area (Å²) in [6, 6.07) is 27.9. The number of rotatable bonds is 1. The Hall–Kier alpha value is -1.80. The molecule has 0 nitrogen and oxygen atoms in total. The number of aryl methyl sites for hydroxylation is 1. The third-order valence-corrected chi connectivity index (χ3v) is 13.9. The van der Waals surface area contributed by atoms with Crippen LogP contribution in [0.25, 0.3) is 5.57 Å². The van der Waals surface area contributed by atoms with Crippen LogP contribution in [0.15, 0.2) is 108 Å². The van der Waals surface area contributed by atoms with E-state index in [0.29, 0.717) is 5.92 Å². The summed E-state index contributed by atoms with van der Waals surface area (Å²) in [6.07, 6.45) is 8.50. The zero-order valence-corrected chi connectivity index (χ0v) is 34.7. The first-order valence-electron chi connectivity index (χ1n) is 16.5. The molecule has 1 saturated carbocycles. The van der Waals surface area contributed by atoms with Gasteiger partial charge in [0.25, 0.3) is 0 Å². The van der Waals surface area contributed by atoms with Gasteiger partial charge >= 0.3 is 76.4 Å². The fourth-order valence-corrected chi connectivity index (χ4v) is 9.29. The summed E-state index contributed by atoms with van der Waals surface area (Å²) in [5, 5.41) is 0. The number of hydrogen-bond donors (Lipinski definition) is 0. The van der Waals surface area contributed by atoms with Crippen LogP contribution in [0.1, 0.15) is 97.4 Å². The summed E-state index contributed by atoms with van der Waals surface area (Å²) in [4.78, 5) is 0. The van der Waals surface area contributed by atoms with Crippen molar-refractivity contribution in [3.05, 3.63) is 136 Å². The van der Waals surface area contributed by atoms with Crippen molar-refractivity contribution >= 4 is 8.83 Å². The van der Waals surface area contributed by atoms with Gasteiger partial charge in [-0.15, -0.1) is 6.92 Å². The Labute approximate surface area is 307 Å². The largest absolute Gasteiger partial charge is 1.00 e. The average Bonchev–Trinajstić information content (AvgIpc) is 3.69. The SMILES string of the molecule is C[C-]1C2=C3Cc4ccccc4C3=C3C=CCCC3C2(C)C(C)(C)C(C)(C)C1(C)C.C[C](=[Hf+2])c1ccc(C)cc1.[Cl-].[Cl-].c1cc[cH-]c1. The van der Waals surface area contributed by atoms with Crippen molar-refractivity contribution in [3.8, 4) is 0 Å². The minimum atomic E-state index is 0. The quantitative estimate of drug-likeness (QED) is 0.226. The van der Waals surface area contributed by atoms with Gasteiger partial charge in [-0.05, 0) is 40.6 Å². The molecule has 46 heavy (non-hydrogen) atoms. The summed E-state index contributed by atoms with van der Waals surface area (Å²) in [5.74, 6) is 2.24. The molecule has 0 spiro atoms. The Kier molecular flexibility index (Phi) is 12.1. The maximum Gasteiger partial charge on any atom is -0.172 e. The normalized spacial score (nSPS) is 23.9. The van der Waals surface area contributed by atoms with Crippen molar-refractivity contribution in [3.63, 3.8) is 0 Å². The summed E-state index contributed by atoms with van der Waals surface area (Å²) in [7, 11) is 0. The van der Waals surface area contributed by atoms with Gasteiger partial charge in [-0.1, -0.05) is 113 Å². The Bertz CT molecular complexity index is 1590. The number of fused-ring (bicyclic) bond motifs is 6. The van der Waals surface area contributed by atoms with E-state index in [9.17, 15) is 0 Å². The van der Waals surface area contributed by atoms with Crippen molar-refractivity contribution in [2.75, 3.05) is 0 Å². The minimum absolute atomic E-state index is 0. The predicted molar refractivity (Wildman–Crippen MR) is 187 cm³/mol. The van der Waals surface area contributed by atoms with Crippen LogP contribution in [0.3, 0.4) is 0 Å². The first-order chi connectivity index (χ1) is 20.7. The molecule has 0 saturated heterocycles. The van der Waals surface area contributed by atoms with Gasteiger partial charge in [0.1, 0.15) is 0 Å². The third-order valence-electron chi connectivity index (χ3n) is 12.8. The first-order valence-corrected chi connectivity index (χ1v) is 18.3. The van der Waals surface area contributed by atoms with E-state index in [1.165, 1.54) is 62.2 Å². The summed E-state index contributed by atoms with van der Waals surface area (Å²) >= 11 is 1.17. The van der Waals surface area contributed by atoms with Crippen LogP contribution in [0.4, 0.5) is 0 Å². The van der Waals surface area contributed by atoms with Crippen LogP contribution in [0.2, 0.25) is 0 Å². The zero-order chi connectivity index (χ0) is 32.1. The van der Waals surface area contributed by atoms with Gasteiger partial charge in [-0.2, -0.15) is 29.3 Å². The average molecular weight is 818 g/mol. The molecule has 1 fully saturated rings. The Balaban J connectivity index is 0.000000281. The molecule has 0 bridgehead atoms. The molecule has 244 valence electrons. The van der Waals surface area contributed by atoms with Gasteiger partial charge in [0.05, 0.1) is 0 Å². The van der Waals surface area contributed by atoms with Crippen molar-refractivity contribution in [1.82, 2.24) is 0 Å². The van der Waals surface area contributed by atoms with E-state index in [1.807, 2.05) is 30.3 Å². The summed E-state index contributed by atoms with van der Waals surface area (Å²) in [6.45, 7) is 24.6. The Morgan fingerprint density at radius 2 is 1.46 bits per heavy atom. The van der Waals surface area contributed by atoms with Crippen molar-refractivity contribution in [2.24, 2.45) is 27.6 Å². The van der Waals surface area contributed by atoms with Gasteiger partial charge in [-0.3, -0.25) is 0 Å². The Morgan fingerprint density at radius 1 is 0.848 bits per heavy atom. The molecule has 0 aliphatic heterocycles. The molecule has 0 aromatic heterocycles. The summed E-state index contributed by atoms with van der Waals surface area (Å²) < 4.78 is 1.51. The van der Waals surface area contributed by atoms with Crippen molar-refractivity contribution < 1.29 is 48.7 Å². The molecular formula is C43H52Cl2Hf-2. The molecule has 3 heteroatoms. The van der Waals surface area contributed by atoms with Crippen molar-refractivity contribution in [2.45, 2.75) is 88.5 Å². The predicted octanol–water partition coefficient (Wildman–Crippen LogP) is 5.46. The zero-order valence-electron chi connectivity index (χ0n) is 29.6. The van der Waals surface area contributed by atoms with Crippen LogP contribution in [0, 0.1) is 40.4 Å². The fourth-order valence-electron chi connectivity index (χ4n) is 8.69. The van der Waals surface area contributed by atoms with E-state index in [0.717, 1.165) is 6.42 Å². The molecule has 2 unspecified atom stereocenters. The standard InChI is InChI=1S/C29H37.C9H10.C5H5.2ClH.Hf/c1-18-25-22-17-19-13-9-10-14-20(19)24(22)21-15-11-12-16-23(21)29(25,8)28(6,7)27(4,5)26(18,2)3;1-3-9-6-4-8(2)5-7-9;1-2-4-5-3-1;;;/h9-11,13-15,23H,12,16-17H2,1-8H3;4-7H,1-2H3;1-5H;2*1H;/q-1;;-1;;;+2/p-2.